The molecule has 0 spiro atoms. The van der Waals surface area contributed by atoms with Crippen LogP contribution in [0.1, 0.15) is 33.1 Å². The zero-order valence-corrected chi connectivity index (χ0v) is 9.66. The molecule has 0 aromatic rings. The Balaban J connectivity index is 2.36. The normalized spacial score (nSPS) is 28.5. The number of nitrogens with two attached hydrogens (primary N) is 1. The van der Waals surface area contributed by atoms with Crippen LogP contribution in [0.15, 0.2) is 0 Å². The van der Waals surface area contributed by atoms with Gasteiger partial charge >= 0.3 is 0 Å². The molecule has 1 aliphatic rings. The third-order valence-corrected chi connectivity index (χ3v) is 2.98. The molecule has 0 aromatic carbocycles. The van der Waals surface area contributed by atoms with Crippen molar-refractivity contribution >= 4 is 5.91 Å². The van der Waals surface area contributed by atoms with Gasteiger partial charge in [0.15, 0.2) is 0 Å². The van der Waals surface area contributed by atoms with E-state index < -0.39 is 0 Å². The lowest BCUT2D eigenvalue weighted by Crippen LogP contribution is -2.45. The fraction of sp³-hybridized carbons (Fsp3) is 0.909. The number of hydrogen-bond donors (Lipinski definition) is 2. The first-order chi connectivity index (χ1) is 7.17. The van der Waals surface area contributed by atoms with Gasteiger partial charge in [0.1, 0.15) is 0 Å². The molecule has 3 unspecified atom stereocenters. The summed E-state index contributed by atoms with van der Waals surface area (Å²) in [5.41, 5.74) is 5.53. The molecule has 0 radical (unpaired) electrons. The van der Waals surface area contributed by atoms with Gasteiger partial charge in [-0.15, -0.1) is 0 Å². The largest absolute Gasteiger partial charge is 0.378 e. The fourth-order valence-corrected chi connectivity index (χ4v) is 1.91. The summed E-state index contributed by atoms with van der Waals surface area (Å²) in [5.74, 6) is 0.0576. The van der Waals surface area contributed by atoms with Crippen molar-refractivity contribution in [1.82, 2.24) is 5.32 Å². The van der Waals surface area contributed by atoms with Gasteiger partial charge in [-0.25, -0.2) is 0 Å². The Morgan fingerprint density at radius 2 is 2.40 bits per heavy atom. The lowest BCUT2D eigenvalue weighted by Gasteiger charge is -2.29. The van der Waals surface area contributed by atoms with E-state index in [1.165, 1.54) is 0 Å². The zero-order valence-electron chi connectivity index (χ0n) is 9.66. The molecular weight excluding hydrogens is 192 g/mol. The van der Waals surface area contributed by atoms with Crippen molar-refractivity contribution in [2.24, 2.45) is 11.7 Å². The number of amides is 1. The van der Waals surface area contributed by atoms with E-state index in [1.54, 1.807) is 0 Å². The minimum absolute atomic E-state index is 0.0387. The molecule has 1 aliphatic heterocycles. The molecule has 1 amide bonds. The highest BCUT2D eigenvalue weighted by atomic mass is 16.5. The molecule has 0 saturated carbocycles. The van der Waals surface area contributed by atoms with Gasteiger partial charge in [-0.2, -0.15) is 0 Å². The monoisotopic (exact) mass is 214 g/mol. The highest BCUT2D eigenvalue weighted by molar-refractivity contribution is 5.79. The molecule has 1 saturated heterocycles. The van der Waals surface area contributed by atoms with Gasteiger partial charge in [0.25, 0.3) is 0 Å². The minimum atomic E-state index is -0.0387. The second kappa shape index (κ2) is 6.08. The Morgan fingerprint density at radius 3 is 2.93 bits per heavy atom. The first-order valence-electron chi connectivity index (χ1n) is 5.79. The van der Waals surface area contributed by atoms with E-state index in [0.29, 0.717) is 6.54 Å². The Hall–Kier alpha value is -0.610. The third-order valence-electron chi connectivity index (χ3n) is 2.98. The highest BCUT2D eigenvalue weighted by Gasteiger charge is 2.23. The third kappa shape index (κ3) is 3.80. The van der Waals surface area contributed by atoms with E-state index in [9.17, 15) is 4.79 Å². The van der Waals surface area contributed by atoms with E-state index >= 15 is 0 Å². The van der Waals surface area contributed by atoms with E-state index in [-0.39, 0.29) is 24.0 Å². The van der Waals surface area contributed by atoms with Crippen molar-refractivity contribution in [1.29, 1.82) is 0 Å². The maximum Gasteiger partial charge on any atom is 0.224 e. The standard InChI is InChI=1S/C11H22N2O2/c1-3-9(7-12)11(14)13-10-4-5-15-8(2)6-10/h8-10H,3-7,12H2,1-2H3,(H,13,14). The van der Waals surface area contributed by atoms with Crippen molar-refractivity contribution < 1.29 is 9.53 Å². The van der Waals surface area contributed by atoms with Crippen LogP contribution >= 0.6 is 0 Å². The van der Waals surface area contributed by atoms with E-state index in [1.807, 2.05) is 13.8 Å². The van der Waals surface area contributed by atoms with Crippen LogP contribution in [-0.2, 0) is 9.53 Å². The van der Waals surface area contributed by atoms with Crippen molar-refractivity contribution in [2.75, 3.05) is 13.2 Å². The summed E-state index contributed by atoms with van der Waals surface area (Å²) in [4.78, 5) is 11.7. The van der Waals surface area contributed by atoms with Gasteiger partial charge in [0.05, 0.1) is 6.10 Å². The molecule has 0 aliphatic carbocycles. The van der Waals surface area contributed by atoms with Crippen molar-refractivity contribution in [3.63, 3.8) is 0 Å². The van der Waals surface area contributed by atoms with Gasteiger partial charge in [-0.05, 0) is 26.2 Å². The molecule has 0 bridgehead atoms. The molecule has 1 fully saturated rings. The topological polar surface area (TPSA) is 64.4 Å². The number of ether oxygens (including phenoxy) is 1. The maximum atomic E-state index is 11.7. The number of hydrogen-bond acceptors (Lipinski definition) is 3. The van der Waals surface area contributed by atoms with Gasteiger partial charge in [-0.3, -0.25) is 4.79 Å². The van der Waals surface area contributed by atoms with Crippen LogP contribution < -0.4 is 11.1 Å². The minimum Gasteiger partial charge on any atom is -0.378 e. The van der Waals surface area contributed by atoms with Crippen LogP contribution in [0.5, 0.6) is 0 Å². The molecular formula is C11H22N2O2. The van der Waals surface area contributed by atoms with E-state index in [2.05, 4.69) is 5.32 Å². The molecule has 0 aromatic heterocycles. The quantitative estimate of drug-likeness (QED) is 0.722. The molecule has 1 heterocycles. The lowest BCUT2D eigenvalue weighted by atomic mass is 10.0. The Kier molecular flexibility index (Phi) is 5.05. The van der Waals surface area contributed by atoms with Gasteiger partial charge in [-0.1, -0.05) is 6.92 Å². The summed E-state index contributed by atoms with van der Waals surface area (Å²) >= 11 is 0. The highest BCUT2D eigenvalue weighted by Crippen LogP contribution is 2.14. The molecule has 4 nitrogen and oxygen atoms in total. The van der Waals surface area contributed by atoms with Crippen LogP contribution in [0, 0.1) is 5.92 Å². The molecule has 3 N–H and O–H groups in total. The molecule has 3 atom stereocenters. The summed E-state index contributed by atoms with van der Waals surface area (Å²) in [6.07, 6.45) is 2.88. The number of rotatable bonds is 4. The number of carbonyl (C=O) groups excluding carboxylic acids is 1. The van der Waals surface area contributed by atoms with E-state index in [0.717, 1.165) is 25.9 Å². The number of nitrogens with one attached hydrogen (secondary N) is 1. The summed E-state index contributed by atoms with van der Waals surface area (Å²) in [6, 6.07) is 0.266. The SMILES string of the molecule is CCC(CN)C(=O)NC1CCOC(C)C1. The Labute approximate surface area is 91.5 Å². The summed E-state index contributed by atoms with van der Waals surface area (Å²) in [7, 11) is 0. The predicted octanol–water partition coefficient (Wildman–Crippen LogP) is 0.655. The summed E-state index contributed by atoms with van der Waals surface area (Å²) < 4.78 is 5.43. The van der Waals surface area contributed by atoms with Crippen molar-refractivity contribution in [3.8, 4) is 0 Å². The predicted molar refractivity (Wildman–Crippen MR) is 59.4 cm³/mol. The average molecular weight is 214 g/mol. The average Bonchev–Trinajstić information content (AvgIpc) is 2.19. The molecule has 88 valence electrons. The summed E-state index contributed by atoms with van der Waals surface area (Å²) in [5, 5.41) is 3.05. The second-order valence-electron chi connectivity index (χ2n) is 4.25. The van der Waals surface area contributed by atoms with Gasteiger partial charge < -0.3 is 15.8 Å². The van der Waals surface area contributed by atoms with Crippen LogP contribution in [0.25, 0.3) is 0 Å². The molecule has 4 heteroatoms. The first kappa shape index (κ1) is 12.5. The Morgan fingerprint density at radius 1 is 1.67 bits per heavy atom. The maximum absolute atomic E-state index is 11.7. The van der Waals surface area contributed by atoms with Crippen LogP contribution in [0.3, 0.4) is 0 Å². The summed E-state index contributed by atoms with van der Waals surface area (Å²) in [6.45, 7) is 5.20. The molecule has 15 heavy (non-hydrogen) atoms. The number of carbonyl (C=O) groups is 1. The smallest absolute Gasteiger partial charge is 0.224 e. The second-order valence-corrected chi connectivity index (χ2v) is 4.25. The first-order valence-corrected chi connectivity index (χ1v) is 5.79. The van der Waals surface area contributed by atoms with Crippen molar-refractivity contribution in [3.05, 3.63) is 0 Å². The molecule has 1 rings (SSSR count). The van der Waals surface area contributed by atoms with E-state index in [4.69, 9.17) is 10.5 Å². The van der Waals surface area contributed by atoms with Crippen LogP contribution in [-0.4, -0.2) is 31.2 Å². The van der Waals surface area contributed by atoms with Crippen molar-refractivity contribution in [2.45, 2.75) is 45.3 Å². The Bertz CT molecular complexity index is 205. The van der Waals surface area contributed by atoms with Crippen LogP contribution in [0.2, 0.25) is 0 Å². The zero-order chi connectivity index (χ0) is 11.3. The van der Waals surface area contributed by atoms with Crippen LogP contribution in [0.4, 0.5) is 0 Å². The van der Waals surface area contributed by atoms with Gasteiger partial charge in [0.2, 0.25) is 5.91 Å². The van der Waals surface area contributed by atoms with Gasteiger partial charge in [0, 0.05) is 25.1 Å². The lowest BCUT2D eigenvalue weighted by molar-refractivity contribution is -0.126. The fourth-order valence-electron chi connectivity index (χ4n) is 1.91.